The molecule has 0 spiro atoms. The molecule has 9 nitrogen and oxygen atoms in total. The summed E-state index contributed by atoms with van der Waals surface area (Å²) < 4.78 is 37.2. The first-order valence-corrected chi connectivity index (χ1v) is 5.58. The van der Waals surface area contributed by atoms with Crippen LogP contribution in [0.25, 0.3) is 0 Å². The van der Waals surface area contributed by atoms with E-state index in [0.717, 1.165) is 0 Å². The summed E-state index contributed by atoms with van der Waals surface area (Å²) in [5, 5.41) is 36.7. The lowest BCUT2D eigenvalue weighted by atomic mass is 10.00. The van der Waals surface area contributed by atoms with Crippen molar-refractivity contribution in [1.82, 2.24) is 0 Å². The van der Waals surface area contributed by atoms with Gasteiger partial charge in [0, 0.05) is 0 Å². The Balaban J connectivity index is 2.61. The van der Waals surface area contributed by atoms with Gasteiger partial charge in [-0.25, -0.2) is 4.18 Å². The molecule has 1 rings (SSSR count). The maximum atomic E-state index is 10.2. The highest BCUT2D eigenvalue weighted by Gasteiger charge is 2.43. The number of ether oxygens (including phenoxy) is 1. The van der Waals surface area contributed by atoms with Gasteiger partial charge in [0.15, 0.2) is 6.29 Å². The van der Waals surface area contributed by atoms with Gasteiger partial charge in [-0.15, -0.1) is 0 Å². The summed E-state index contributed by atoms with van der Waals surface area (Å²) in [5.41, 5.74) is 0. The highest BCUT2D eigenvalue weighted by molar-refractivity contribution is 7.80. The van der Waals surface area contributed by atoms with Crippen LogP contribution in [0.4, 0.5) is 0 Å². The van der Waals surface area contributed by atoms with E-state index in [9.17, 15) is 18.6 Å². The molecule has 1 aliphatic rings. The normalized spacial score (nSPS) is 40.9. The zero-order valence-electron chi connectivity index (χ0n) is 7.87. The van der Waals surface area contributed by atoms with Gasteiger partial charge in [-0.1, -0.05) is 0 Å². The molecule has 0 saturated carbocycles. The van der Waals surface area contributed by atoms with Crippen LogP contribution in [0.5, 0.6) is 0 Å². The molecular formula is C6H12O9S. The minimum Gasteiger partial charge on any atom is -0.387 e. The van der Waals surface area contributed by atoms with Crippen LogP contribution in [-0.4, -0.2) is 70.7 Å². The van der Waals surface area contributed by atoms with E-state index in [0.29, 0.717) is 0 Å². The second kappa shape index (κ2) is 4.89. The number of aliphatic hydroxyl groups is 4. The van der Waals surface area contributed by atoms with Gasteiger partial charge >= 0.3 is 10.4 Å². The van der Waals surface area contributed by atoms with Crippen LogP contribution in [0.3, 0.4) is 0 Å². The van der Waals surface area contributed by atoms with E-state index in [1.807, 2.05) is 0 Å². The molecule has 1 fully saturated rings. The van der Waals surface area contributed by atoms with Crippen LogP contribution in [0.1, 0.15) is 0 Å². The lowest BCUT2D eigenvalue weighted by Gasteiger charge is -2.37. The predicted molar refractivity (Wildman–Crippen MR) is 46.4 cm³/mol. The van der Waals surface area contributed by atoms with E-state index in [-0.39, 0.29) is 0 Å². The standard InChI is InChI=1S/C6H12O9S/c7-3-2(1-14-16(11,12)13)15-6(10)5(9)4(3)8/h2-10H,1H2,(H,11,12,13)/t2-,3-,4+,5-,6+/m1/s1. The Morgan fingerprint density at radius 3 is 2.12 bits per heavy atom. The minimum absolute atomic E-state index is 0.805. The number of aliphatic hydroxyl groups excluding tert-OH is 4. The van der Waals surface area contributed by atoms with Crippen LogP contribution in [0.2, 0.25) is 0 Å². The quantitative estimate of drug-likeness (QED) is 0.327. The Morgan fingerprint density at radius 2 is 1.62 bits per heavy atom. The maximum absolute atomic E-state index is 10.2. The molecular weight excluding hydrogens is 248 g/mol. The Bertz CT molecular complexity index is 327. The summed E-state index contributed by atoms with van der Waals surface area (Å²) in [5.74, 6) is 0. The second-order valence-electron chi connectivity index (χ2n) is 3.25. The van der Waals surface area contributed by atoms with Crippen molar-refractivity contribution in [3.8, 4) is 0 Å². The molecule has 0 unspecified atom stereocenters. The monoisotopic (exact) mass is 260 g/mol. The van der Waals surface area contributed by atoms with Crippen LogP contribution < -0.4 is 0 Å². The lowest BCUT2D eigenvalue weighted by Crippen LogP contribution is -2.58. The Hall–Kier alpha value is -0.330. The van der Waals surface area contributed by atoms with Gasteiger partial charge in [0.05, 0.1) is 6.61 Å². The Morgan fingerprint density at radius 1 is 1.06 bits per heavy atom. The summed E-state index contributed by atoms with van der Waals surface area (Å²) in [4.78, 5) is 0. The maximum Gasteiger partial charge on any atom is 0.397 e. The van der Waals surface area contributed by atoms with Gasteiger partial charge in [-0.05, 0) is 0 Å². The van der Waals surface area contributed by atoms with Crippen molar-refractivity contribution in [3.63, 3.8) is 0 Å². The number of hydrogen-bond acceptors (Lipinski definition) is 8. The fourth-order valence-corrected chi connectivity index (χ4v) is 1.53. The molecule has 0 amide bonds. The second-order valence-corrected chi connectivity index (χ2v) is 4.34. The molecule has 96 valence electrons. The Kier molecular flexibility index (Phi) is 4.20. The van der Waals surface area contributed by atoms with Gasteiger partial charge in [0.1, 0.15) is 24.4 Å². The average Bonchev–Trinajstić information content (AvgIpc) is 2.17. The van der Waals surface area contributed by atoms with E-state index >= 15 is 0 Å². The average molecular weight is 260 g/mol. The third-order valence-electron chi connectivity index (χ3n) is 2.07. The van der Waals surface area contributed by atoms with Crippen molar-refractivity contribution in [1.29, 1.82) is 0 Å². The van der Waals surface area contributed by atoms with Crippen molar-refractivity contribution < 1.29 is 42.3 Å². The summed E-state index contributed by atoms with van der Waals surface area (Å²) >= 11 is 0. The van der Waals surface area contributed by atoms with Crippen LogP contribution in [-0.2, 0) is 19.3 Å². The number of hydrogen-bond donors (Lipinski definition) is 5. The van der Waals surface area contributed by atoms with E-state index in [2.05, 4.69) is 8.92 Å². The number of rotatable bonds is 3. The first kappa shape index (κ1) is 13.7. The minimum atomic E-state index is -4.71. The first-order chi connectivity index (χ1) is 7.22. The molecule has 0 bridgehead atoms. The van der Waals surface area contributed by atoms with Crippen molar-refractivity contribution in [2.45, 2.75) is 30.7 Å². The van der Waals surface area contributed by atoms with E-state index in [4.69, 9.17) is 14.8 Å². The summed E-state index contributed by atoms with van der Waals surface area (Å²) in [7, 11) is -4.71. The molecule has 0 radical (unpaired) electrons. The third-order valence-corrected chi connectivity index (χ3v) is 2.50. The molecule has 0 aromatic carbocycles. The van der Waals surface area contributed by atoms with Crippen LogP contribution in [0, 0.1) is 0 Å². The van der Waals surface area contributed by atoms with Crippen molar-refractivity contribution >= 4 is 10.4 Å². The highest BCUT2D eigenvalue weighted by Crippen LogP contribution is 2.20. The predicted octanol–water partition coefficient (Wildman–Crippen LogP) is -3.39. The molecule has 1 heterocycles. The third kappa shape index (κ3) is 3.33. The molecule has 1 saturated heterocycles. The van der Waals surface area contributed by atoms with Gasteiger partial charge in [0.2, 0.25) is 0 Å². The van der Waals surface area contributed by atoms with Crippen molar-refractivity contribution in [2.24, 2.45) is 0 Å². The molecule has 1 aliphatic heterocycles. The van der Waals surface area contributed by atoms with Gasteiger partial charge in [-0.3, -0.25) is 4.55 Å². The van der Waals surface area contributed by atoms with Crippen LogP contribution in [0.15, 0.2) is 0 Å². The van der Waals surface area contributed by atoms with E-state index < -0.39 is 47.7 Å². The molecule has 0 aromatic rings. The lowest BCUT2D eigenvalue weighted by molar-refractivity contribution is -0.285. The van der Waals surface area contributed by atoms with Gasteiger partial charge in [-0.2, -0.15) is 8.42 Å². The van der Waals surface area contributed by atoms with Gasteiger partial charge in [0.25, 0.3) is 0 Å². The van der Waals surface area contributed by atoms with E-state index in [1.54, 1.807) is 0 Å². The van der Waals surface area contributed by atoms with Crippen molar-refractivity contribution in [2.75, 3.05) is 6.61 Å². The summed E-state index contributed by atoms with van der Waals surface area (Å²) in [6, 6.07) is 0. The molecule has 0 aliphatic carbocycles. The van der Waals surface area contributed by atoms with E-state index in [1.165, 1.54) is 0 Å². The molecule has 0 aromatic heterocycles. The summed E-state index contributed by atoms with van der Waals surface area (Å²) in [6.45, 7) is -0.805. The topological polar surface area (TPSA) is 154 Å². The highest BCUT2D eigenvalue weighted by atomic mass is 32.3. The summed E-state index contributed by atoms with van der Waals surface area (Å²) in [6.07, 6.45) is -8.25. The zero-order chi connectivity index (χ0) is 12.5. The molecule has 5 N–H and O–H groups in total. The van der Waals surface area contributed by atoms with Crippen molar-refractivity contribution in [3.05, 3.63) is 0 Å². The molecule has 16 heavy (non-hydrogen) atoms. The SMILES string of the molecule is O=S(=O)(O)OC[C@H]1O[C@H](O)[C@H](O)[C@@H](O)[C@@H]1O. The smallest absolute Gasteiger partial charge is 0.387 e. The zero-order valence-corrected chi connectivity index (χ0v) is 8.69. The first-order valence-electron chi connectivity index (χ1n) is 4.22. The fraction of sp³-hybridized carbons (Fsp3) is 1.00. The van der Waals surface area contributed by atoms with Crippen LogP contribution >= 0.6 is 0 Å². The van der Waals surface area contributed by atoms with Gasteiger partial charge < -0.3 is 25.2 Å². The fourth-order valence-electron chi connectivity index (χ4n) is 1.22. The molecule has 5 atom stereocenters. The molecule has 10 heteroatoms. The largest absolute Gasteiger partial charge is 0.397 e. The Labute approximate surface area is 90.8 Å².